The third kappa shape index (κ3) is 3.12. The molecule has 2 aromatic rings. The molecule has 2 rings (SSSR count). The largest absolute Gasteiger partial charge is 0.310 e. The molecule has 0 unspecified atom stereocenters. The van der Waals surface area contributed by atoms with Crippen LogP contribution in [-0.4, -0.2) is 4.57 Å². The molecule has 5 heteroatoms. The maximum atomic E-state index is 11.6. The Morgan fingerprint density at radius 3 is 2.71 bits per heavy atom. The zero-order valence-electron chi connectivity index (χ0n) is 8.66. The summed E-state index contributed by atoms with van der Waals surface area (Å²) < 4.78 is 2.41. The van der Waals surface area contributed by atoms with Crippen molar-refractivity contribution in [2.24, 2.45) is 0 Å². The lowest BCUT2D eigenvalue weighted by atomic mass is 10.2. The van der Waals surface area contributed by atoms with Crippen LogP contribution in [0.2, 0.25) is 10.0 Å². The van der Waals surface area contributed by atoms with Crippen LogP contribution in [-0.2, 0) is 6.54 Å². The van der Waals surface area contributed by atoms with Crippen LogP contribution in [0.15, 0.2) is 45.8 Å². The van der Waals surface area contributed by atoms with E-state index in [2.05, 4.69) is 15.9 Å². The third-order valence-corrected chi connectivity index (χ3v) is 3.37. The topological polar surface area (TPSA) is 22.0 Å². The second kappa shape index (κ2) is 5.25. The SMILES string of the molecule is O=c1ccc(Br)cn1Cc1cc(Cl)ccc1Cl. The molecule has 0 radical (unpaired) electrons. The van der Waals surface area contributed by atoms with E-state index >= 15 is 0 Å². The van der Waals surface area contributed by atoms with E-state index in [0.717, 1.165) is 10.0 Å². The zero-order chi connectivity index (χ0) is 12.4. The summed E-state index contributed by atoms with van der Waals surface area (Å²) in [6.07, 6.45) is 1.72. The fraction of sp³-hybridized carbons (Fsp3) is 0.0833. The minimum atomic E-state index is -0.0794. The van der Waals surface area contributed by atoms with Gasteiger partial charge in [-0.25, -0.2) is 0 Å². The van der Waals surface area contributed by atoms with Gasteiger partial charge >= 0.3 is 0 Å². The van der Waals surface area contributed by atoms with Crippen LogP contribution < -0.4 is 5.56 Å². The molecule has 0 saturated heterocycles. The summed E-state index contributed by atoms with van der Waals surface area (Å²) in [5.41, 5.74) is 0.739. The van der Waals surface area contributed by atoms with Gasteiger partial charge in [0.1, 0.15) is 0 Å². The molecular weight excluding hydrogens is 325 g/mol. The van der Waals surface area contributed by atoms with Crippen molar-refractivity contribution < 1.29 is 0 Å². The molecular formula is C12H8BrCl2NO. The molecule has 2 nitrogen and oxygen atoms in total. The molecule has 0 spiro atoms. The van der Waals surface area contributed by atoms with Crippen LogP contribution in [0.3, 0.4) is 0 Å². The highest BCUT2D eigenvalue weighted by molar-refractivity contribution is 9.10. The molecule has 1 heterocycles. The Balaban J connectivity index is 2.41. The normalized spacial score (nSPS) is 10.5. The van der Waals surface area contributed by atoms with E-state index in [4.69, 9.17) is 23.2 Å². The number of nitrogens with zero attached hydrogens (tertiary/aromatic N) is 1. The maximum Gasteiger partial charge on any atom is 0.250 e. The Hall–Kier alpha value is -0.770. The predicted molar refractivity (Wildman–Crippen MR) is 74.0 cm³/mol. The first-order valence-electron chi connectivity index (χ1n) is 4.86. The summed E-state index contributed by atoms with van der Waals surface area (Å²) in [7, 11) is 0. The highest BCUT2D eigenvalue weighted by Crippen LogP contribution is 2.21. The lowest BCUT2D eigenvalue weighted by molar-refractivity contribution is 0.756. The molecule has 1 aromatic heterocycles. The van der Waals surface area contributed by atoms with E-state index in [1.807, 2.05) is 0 Å². The van der Waals surface area contributed by atoms with Gasteiger partial charge in [0.25, 0.3) is 5.56 Å². The number of halogens is 3. The van der Waals surface area contributed by atoms with Crippen molar-refractivity contribution in [3.05, 3.63) is 67.0 Å². The first-order valence-corrected chi connectivity index (χ1v) is 6.41. The highest BCUT2D eigenvalue weighted by atomic mass is 79.9. The maximum absolute atomic E-state index is 11.6. The molecule has 17 heavy (non-hydrogen) atoms. The van der Waals surface area contributed by atoms with Crippen molar-refractivity contribution in [2.75, 3.05) is 0 Å². The number of hydrogen-bond donors (Lipinski definition) is 0. The van der Waals surface area contributed by atoms with Gasteiger partial charge in [-0.05, 0) is 45.8 Å². The molecule has 0 bridgehead atoms. The molecule has 0 aliphatic carbocycles. The van der Waals surface area contributed by atoms with Crippen molar-refractivity contribution in [1.29, 1.82) is 0 Å². The molecule has 0 saturated carbocycles. The molecule has 88 valence electrons. The van der Waals surface area contributed by atoms with Crippen LogP contribution >= 0.6 is 39.1 Å². The monoisotopic (exact) mass is 331 g/mol. The molecule has 0 aliphatic rings. The summed E-state index contributed by atoms with van der Waals surface area (Å²) >= 11 is 15.3. The Bertz CT molecular complexity index is 610. The minimum Gasteiger partial charge on any atom is -0.310 e. The summed E-state index contributed by atoms with van der Waals surface area (Å²) in [6, 6.07) is 8.41. The van der Waals surface area contributed by atoms with E-state index in [1.165, 1.54) is 6.07 Å². The molecule has 0 N–H and O–H groups in total. The van der Waals surface area contributed by atoms with Crippen LogP contribution in [0.1, 0.15) is 5.56 Å². The fourth-order valence-electron chi connectivity index (χ4n) is 1.47. The first-order chi connectivity index (χ1) is 8.06. The number of aromatic nitrogens is 1. The van der Waals surface area contributed by atoms with Gasteiger partial charge in [0.05, 0.1) is 6.54 Å². The van der Waals surface area contributed by atoms with Crippen molar-refractivity contribution >= 4 is 39.1 Å². The van der Waals surface area contributed by atoms with Crippen LogP contribution in [0, 0.1) is 0 Å². The van der Waals surface area contributed by atoms with Gasteiger partial charge in [-0.1, -0.05) is 23.2 Å². The molecule has 0 fully saturated rings. The zero-order valence-corrected chi connectivity index (χ0v) is 11.8. The van der Waals surface area contributed by atoms with E-state index < -0.39 is 0 Å². The number of pyridine rings is 1. The van der Waals surface area contributed by atoms with Crippen molar-refractivity contribution in [3.63, 3.8) is 0 Å². The van der Waals surface area contributed by atoms with Crippen molar-refractivity contribution in [2.45, 2.75) is 6.54 Å². The smallest absolute Gasteiger partial charge is 0.250 e. The fourth-order valence-corrected chi connectivity index (χ4v) is 2.23. The molecule has 0 amide bonds. The quantitative estimate of drug-likeness (QED) is 0.815. The molecule has 0 atom stereocenters. The van der Waals surface area contributed by atoms with Gasteiger partial charge < -0.3 is 4.57 Å². The first kappa shape index (κ1) is 12.7. The predicted octanol–water partition coefficient (Wildman–Crippen LogP) is 3.97. The van der Waals surface area contributed by atoms with E-state index in [1.54, 1.807) is 35.0 Å². The van der Waals surface area contributed by atoms with Crippen molar-refractivity contribution in [1.82, 2.24) is 4.57 Å². The Morgan fingerprint density at radius 2 is 1.94 bits per heavy atom. The van der Waals surface area contributed by atoms with Crippen LogP contribution in [0.4, 0.5) is 0 Å². The van der Waals surface area contributed by atoms with Gasteiger partial charge in [0.2, 0.25) is 0 Å². The number of hydrogen-bond acceptors (Lipinski definition) is 1. The highest BCUT2D eigenvalue weighted by Gasteiger charge is 2.04. The van der Waals surface area contributed by atoms with Gasteiger partial charge in [-0.15, -0.1) is 0 Å². The Labute approximate surface area is 117 Å². The second-order valence-corrected chi connectivity index (χ2v) is 5.31. The van der Waals surface area contributed by atoms with E-state index in [9.17, 15) is 4.79 Å². The van der Waals surface area contributed by atoms with Gasteiger partial charge in [0, 0.05) is 26.8 Å². The average Bonchev–Trinajstić information content (AvgIpc) is 2.28. The summed E-state index contributed by atoms with van der Waals surface area (Å²) in [5.74, 6) is 0. The van der Waals surface area contributed by atoms with Gasteiger partial charge in [-0.3, -0.25) is 4.79 Å². The second-order valence-electron chi connectivity index (χ2n) is 3.55. The molecule has 1 aromatic carbocycles. The molecule has 0 aliphatic heterocycles. The Morgan fingerprint density at radius 1 is 1.18 bits per heavy atom. The summed E-state index contributed by atoms with van der Waals surface area (Å²) in [4.78, 5) is 11.6. The Kier molecular flexibility index (Phi) is 3.92. The summed E-state index contributed by atoms with van der Waals surface area (Å²) in [5, 5.41) is 1.20. The number of benzene rings is 1. The van der Waals surface area contributed by atoms with Gasteiger partial charge in [0.15, 0.2) is 0 Å². The average molecular weight is 333 g/mol. The van der Waals surface area contributed by atoms with Crippen molar-refractivity contribution in [3.8, 4) is 0 Å². The lowest BCUT2D eigenvalue weighted by Crippen LogP contribution is -2.18. The van der Waals surface area contributed by atoms with Crippen LogP contribution in [0.5, 0.6) is 0 Å². The summed E-state index contributed by atoms with van der Waals surface area (Å²) in [6.45, 7) is 0.400. The van der Waals surface area contributed by atoms with E-state index in [0.29, 0.717) is 16.6 Å². The third-order valence-electron chi connectivity index (χ3n) is 2.30. The number of rotatable bonds is 2. The van der Waals surface area contributed by atoms with Crippen LogP contribution in [0.25, 0.3) is 0 Å². The lowest BCUT2D eigenvalue weighted by Gasteiger charge is -2.08. The van der Waals surface area contributed by atoms with Gasteiger partial charge in [-0.2, -0.15) is 0 Å². The van der Waals surface area contributed by atoms with E-state index in [-0.39, 0.29) is 5.56 Å². The minimum absolute atomic E-state index is 0.0794. The standard InChI is InChI=1S/C12H8BrCl2NO/c13-9-1-4-12(17)16(7-9)6-8-5-10(14)2-3-11(8)15/h1-5,7H,6H2.